The lowest BCUT2D eigenvalue weighted by Crippen LogP contribution is -2.49. The van der Waals surface area contributed by atoms with Crippen molar-refractivity contribution in [2.45, 2.75) is 12.5 Å². The van der Waals surface area contributed by atoms with Crippen molar-refractivity contribution in [3.05, 3.63) is 34.2 Å². The van der Waals surface area contributed by atoms with Gasteiger partial charge in [-0.05, 0) is 18.2 Å². The Morgan fingerprint density at radius 1 is 1.43 bits per heavy atom. The summed E-state index contributed by atoms with van der Waals surface area (Å²) in [5.41, 5.74) is 1.45. The number of nitrogens with one attached hydrogen (secondary N) is 1. The Kier molecular flexibility index (Phi) is 3.91. The molecule has 2 aromatic rings. The van der Waals surface area contributed by atoms with Gasteiger partial charge in [-0.1, -0.05) is 0 Å². The number of hydrogen-bond donors (Lipinski definition) is 2. The summed E-state index contributed by atoms with van der Waals surface area (Å²) < 4.78 is 6.71. The number of fused-ring (bicyclic) bond motifs is 1. The van der Waals surface area contributed by atoms with Crippen molar-refractivity contribution < 1.29 is 19.4 Å². The van der Waals surface area contributed by atoms with Crippen LogP contribution in [0.3, 0.4) is 0 Å². The second kappa shape index (κ2) is 5.88. The van der Waals surface area contributed by atoms with Crippen molar-refractivity contribution in [1.29, 1.82) is 0 Å². The summed E-state index contributed by atoms with van der Waals surface area (Å²) in [5.74, 6) is -1.23. The molecule has 1 saturated heterocycles. The van der Waals surface area contributed by atoms with E-state index in [1.54, 1.807) is 25.2 Å². The van der Waals surface area contributed by atoms with Gasteiger partial charge >= 0.3 is 11.7 Å². The minimum atomic E-state index is -0.971. The van der Waals surface area contributed by atoms with Gasteiger partial charge < -0.3 is 19.7 Å². The van der Waals surface area contributed by atoms with Crippen LogP contribution in [0, 0.1) is 0 Å². The van der Waals surface area contributed by atoms with E-state index in [1.165, 1.54) is 9.47 Å². The second-order valence-electron chi connectivity index (χ2n) is 5.55. The largest absolute Gasteiger partial charge is 0.481 e. The number of carboxylic acids is 1. The number of rotatable bonds is 3. The Morgan fingerprint density at radius 3 is 2.96 bits per heavy atom. The van der Waals surface area contributed by atoms with E-state index in [4.69, 9.17) is 9.84 Å². The zero-order chi connectivity index (χ0) is 16.6. The van der Waals surface area contributed by atoms with E-state index in [9.17, 15) is 14.4 Å². The second-order valence-corrected chi connectivity index (χ2v) is 5.55. The molecule has 122 valence electrons. The molecule has 0 unspecified atom stereocenters. The molecule has 0 spiro atoms. The number of H-pyrrole nitrogens is 1. The van der Waals surface area contributed by atoms with Crippen LogP contribution in [0.15, 0.2) is 23.0 Å². The number of carbonyl (C=O) groups excluding carboxylic acids is 1. The minimum absolute atomic E-state index is 0.156. The highest BCUT2D eigenvalue weighted by Crippen LogP contribution is 2.18. The molecule has 0 radical (unpaired) electrons. The van der Waals surface area contributed by atoms with E-state index in [0.29, 0.717) is 29.7 Å². The van der Waals surface area contributed by atoms with Gasteiger partial charge in [-0.3, -0.25) is 14.2 Å². The van der Waals surface area contributed by atoms with Crippen LogP contribution in [0.4, 0.5) is 0 Å². The van der Waals surface area contributed by atoms with Crippen LogP contribution in [0.5, 0.6) is 0 Å². The first-order valence-corrected chi connectivity index (χ1v) is 7.26. The molecule has 1 amide bonds. The highest BCUT2D eigenvalue weighted by Gasteiger charge is 2.30. The zero-order valence-electron chi connectivity index (χ0n) is 12.6. The van der Waals surface area contributed by atoms with Crippen LogP contribution in [-0.4, -0.2) is 57.2 Å². The number of morpholine rings is 1. The van der Waals surface area contributed by atoms with Gasteiger partial charge in [-0.2, -0.15) is 0 Å². The molecule has 0 aliphatic carbocycles. The Morgan fingerprint density at radius 2 is 2.22 bits per heavy atom. The molecule has 2 heterocycles. The molecule has 1 aromatic carbocycles. The number of carboxylic acid groups (broad SMARTS) is 1. The van der Waals surface area contributed by atoms with Crippen molar-refractivity contribution in [3.8, 4) is 0 Å². The summed E-state index contributed by atoms with van der Waals surface area (Å²) in [4.78, 5) is 39.5. The van der Waals surface area contributed by atoms with Crippen molar-refractivity contribution >= 4 is 22.9 Å². The summed E-state index contributed by atoms with van der Waals surface area (Å²) in [7, 11) is 1.62. The Hall–Kier alpha value is -2.61. The van der Waals surface area contributed by atoms with Crippen LogP contribution in [-0.2, 0) is 16.6 Å². The van der Waals surface area contributed by atoms with E-state index in [1.807, 2.05) is 0 Å². The SMILES string of the molecule is Cn1c(=O)[nH]c2ccc(C(=O)N3CCOC[C@@H]3CC(=O)O)cc21. The number of ether oxygens (including phenoxy) is 1. The molecule has 3 rings (SSSR count). The van der Waals surface area contributed by atoms with Crippen LogP contribution in [0.2, 0.25) is 0 Å². The van der Waals surface area contributed by atoms with Crippen LogP contribution in [0.1, 0.15) is 16.8 Å². The molecule has 1 aromatic heterocycles. The number of aromatic amines is 1. The predicted octanol–water partition coefficient (Wildman–Crippen LogP) is 0.182. The Labute approximate surface area is 131 Å². The first kappa shape index (κ1) is 15.3. The van der Waals surface area contributed by atoms with Gasteiger partial charge in [0.25, 0.3) is 5.91 Å². The number of carbonyl (C=O) groups is 2. The van der Waals surface area contributed by atoms with Crippen molar-refractivity contribution in [1.82, 2.24) is 14.5 Å². The zero-order valence-corrected chi connectivity index (χ0v) is 12.6. The minimum Gasteiger partial charge on any atom is -0.481 e. The Bertz CT molecular complexity index is 822. The first-order chi connectivity index (χ1) is 11.0. The maximum Gasteiger partial charge on any atom is 0.326 e. The fourth-order valence-corrected chi connectivity index (χ4v) is 2.82. The third-order valence-corrected chi connectivity index (χ3v) is 4.05. The fraction of sp³-hybridized carbons (Fsp3) is 0.400. The lowest BCUT2D eigenvalue weighted by molar-refractivity contribution is -0.139. The average Bonchev–Trinajstić information content (AvgIpc) is 2.81. The van der Waals surface area contributed by atoms with Crippen molar-refractivity contribution in [3.63, 3.8) is 0 Å². The molecule has 0 saturated carbocycles. The maximum atomic E-state index is 12.7. The molecule has 1 fully saturated rings. The van der Waals surface area contributed by atoms with Gasteiger partial charge in [0.05, 0.1) is 36.7 Å². The highest BCUT2D eigenvalue weighted by atomic mass is 16.5. The van der Waals surface area contributed by atoms with Crippen LogP contribution in [0.25, 0.3) is 11.0 Å². The summed E-state index contributed by atoms with van der Waals surface area (Å²) in [6.45, 7) is 0.941. The number of aryl methyl sites for hydroxylation is 1. The predicted molar refractivity (Wildman–Crippen MR) is 81.4 cm³/mol. The molecule has 8 heteroatoms. The van der Waals surface area contributed by atoms with Gasteiger partial charge in [-0.25, -0.2) is 4.79 Å². The smallest absolute Gasteiger partial charge is 0.326 e. The summed E-state index contributed by atoms with van der Waals surface area (Å²) in [6, 6.07) is 4.47. The third-order valence-electron chi connectivity index (χ3n) is 4.05. The molecular formula is C15H17N3O5. The van der Waals surface area contributed by atoms with Crippen LogP contribution >= 0.6 is 0 Å². The van der Waals surface area contributed by atoms with E-state index < -0.39 is 12.0 Å². The van der Waals surface area contributed by atoms with Crippen molar-refractivity contribution in [2.24, 2.45) is 7.05 Å². The number of imidazole rings is 1. The van der Waals surface area contributed by atoms with Gasteiger partial charge in [-0.15, -0.1) is 0 Å². The number of benzene rings is 1. The Balaban J connectivity index is 1.93. The van der Waals surface area contributed by atoms with E-state index in [-0.39, 0.29) is 24.6 Å². The summed E-state index contributed by atoms with van der Waals surface area (Å²) >= 11 is 0. The fourth-order valence-electron chi connectivity index (χ4n) is 2.82. The number of aliphatic carboxylic acids is 1. The summed E-state index contributed by atoms with van der Waals surface area (Å²) in [6.07, 6.45) is -0.156. The lowest BCUT2D eigenvalue weighted by atomic mass is 10.1. The topological polar surface area (TPSA) is 105 Å². The normalized spacial score (nSPS) is 18.3. The number of nitrogens with zero attached hydrogens (tertiary/aromatic N) is 2. The maximum absolute atomic E-state index is 12.7. The monoisotopic (exact) mass is 319 g/mol. The first-order valence-electron chi connectivity index (χ1n) is 7.26. The number of aromatic nitrogens is 2. The molecule has 8 nitrogen and oxygen atoms in total. The lowest BCUT2D eigenvalue weighted by Gasteiger charge is -2.34. The van der Waals surface area contributed by atoms with E-state index >= 15 is 0 Å². The molecular weight excluding hydrogens is 302 g/mol. The standard InChI is InChI=1S/C15H17N3O5/c1-17-12-6-9(2-3-11(12)16-15(17)22)14(21)18-4-5-23-8-10(18)7-13(19)20/h2-3,6,10H,4-5,7-8H2,1H3,(H,16,22)(H,19,20)/t10-/m0/s1. The van der Waals surface area contributed by atoms with Gasteiger partial charge in [0.2, 0.25) is 0 Å². The number of hydrogen-bond acceptors (Lipinski definition) is 4. The highest BCUT2D eigenvalue weighted by molar-refractivity contribution is 5.97. The quantitative estimate of drug-likeness (QED) is 0.840. The van der Waals surface area contributed by atoms with E-state index in [0.717, 1.165) is 0 Å². The van der Waals surface area contributed by atoms with Gasteiger partial charge in [0.1, 0.15) is 0 Å². The summed E-state index contributed by atoms with van der Waals surface area (Å²) in [5, 5.41) is 8.98. The van der Waals surface area contributed by atoms with Gasteiger partial charge in [0, 0.05) is 19.2 Å². The van der Waals surface area contributed by atoms with Crippen molar-refractivity contribution in [2.75, 3.05) is 19.8 Å². The molecule has 1 aliphatic heterocycles. The average molecular weight is 319 g/mol. The molecule has 0 bridgehead atoms. The molecule has 1 atom stereocenters. The molecule has 2 N–H and O–H groups in total. The molecule has 1 aliphatic rings. The molecule has 23 heavy (non-hydrogen) atoms. The van der Waals surface area contributed by atoms with Gasteiger partial charge in [0.15, 0.2) is 0 Å². The number of amides is 1. The van der Waals surface area contributed by atoms with Crippen LogP contribution < -0.4 is 5.69 Å². The third kappa shape index (κ3) is 2.85. The van der Waals surface area contributed by atoms with E-state index in [2.05, 4.69) is 4.98 Å².